The van der Waals surface area contributed by atoms with Gasteiger partial charge in [-0.1, -0.05) is 17.4 Å². The van der Waals surface area contributed by atoms with E-state index in [1.54, 1.807) is 24.6 Å². The number of amides is 1. The Bertz CT molecular complexity index is 1090. The quantitative estimate of drug-likeness (QED) is 0.537. The molecule has 4 bridgehead atoms. The summed E-state index contributed by atoms with van der Waals surface area (Å²) in [7, 11) is 1.67. The molecule has 0 radical (unpaired) electrons. The summed E-state index contributed by atoms with van der Waals surface area (Å²) in [6.45, 7) is 0.519. The molecule has 1 aromatic carbocycles. The highest BCUT2D eigenvalue weighted by molar-refractivity contribution is 7.22. The Balaban J connectivity index is 1.40. The van der Waals surface area contributed by atoms with Crippen molar-refractivity contribution in [3.05, 3.63) is 48.3 Å². The molecule has 0 spiro atoms. The van der Waals surface area contributed by atoms with Gasteiger partial charge < -0.3 is 4.74 Å². The van der Waals surface area contributed by atoms with Crippen LogP contribution < -0.4 is 9.64 Å². The second-order valence-electron chi connectivity index (χ2n) is 9.78. The molecular formula is C25H27N3O2S. The van der Waals surface area contributed by atoms with E-state index in [-0.39, 0.29) is 11.3 Å². The number of methoxy groups -OCH3 is 1. The van der Waals surface area contributed by atoms with Crippen LogP contribution >= 0.6 is 11.3 Å². The summed E-state index contributed by atoms with van der Waals surface area (Å²) >= 11 is 1.58. The molecule has 0 atom stereocenters. The van der Waals surface area contributed by atoms with Crippen molar-refractivity contribution in [2.75, 3.05) is 12.0 Å². The fraction of sp³-hybridized carbons (Fsp3) is 0.480. The Hall–Kier alpha value is -2.47. The highest BCUT2D eigenvalue weighted by Crippen LogP contribution is 2.61. The highest BCUT2D eigenvalue weighted by Gasteiger charge is 2.56. The molecule has 2 heterocycles. The van der Waals surface area contributed by atoms with Crippen LogP contribution in [-0.2, 0) is 11.3 Å². The number of benzene rings is 1. The third-order valence-corrected chi connectivity index (χ3v) is 8.66. The molecule has 6 heteroatoms. The number of ether oxygens (including phenoxy) is 1. The summed E-state index contributed by atoms with van der Waals surface area (Å²) < 4.78 is 6.44. The summed E-state index contributed by atoms with van der Waals surface area (Å²) in [6.07, 6.45) is 10.8. The number of hydrogen-bond acceptors (Lipinski definition) is 5. The van der Waals surface area contributed by atoms with Crippen molar-refractivity contribution < 1.29 is 9.53 Å². The Kier molecular flexibility index (Phi) is 4.53. The first-order chi connectivity index (χ1) is 15.1. The van der Waals surface area contributed by atoms with Crippen LogP contribution in [0.15, 0.2) is 42.7 Å². The number of hydrogen-bond donors (Lipinski definition) is 0. The summed E-state index contributed by atoms with van der Waals surface area (Å²) in [6, 6.07) is 9.90. The SMILES string of the molecule is COc1ccc2nc(N(Cc3cccnc3)C(=O)C34CC5CC(CC(C5)C3)C4)sc2c1. The van der Waals surface area contributed by atoms with Gasteiger partial charge >= 0.3 is 0 Å². The molecule has 1 amide bonds. The highest BCUT2D eigenvalue weighted by atomic mass is 32.1. The van der Waals surface area contributed by atoms with Crippen molar-refractivity contribution in [1.29, 1.82) is 0 Å². The zero-order valence-electron chi connectivity index (χ0n) is 17.8. The van der Waals surface area contributed by atoms with Gasteiger partial charge in [-0.05, 0) is 86.1 Å². The molecule has 0 saturated heterocycles. The van der Waals surface area contributed by atoms with Gasteiger partial charge in [-0.25, -0.2) is 4.98 Å². The fourth-order valence-corrected chi connectivity index (χ4v) is 7.69. The monoisotopic (exact) mass is 433 g/mol. The zero-order valence-corrected chi connectivity index (χ0v) is 18.6. The third kappa shape index (κ3) is 3.32. The van der Waals surface area contributed by atoms with Crippen molar-refractivity contribution in [2.24, 2.45) is 23.2 Å². The molecule has 0 unspecified atom stereocenters. The van der Waals surface area contributed by atoms with Crippen molar-refractivity contribution in [2.45, 2.75) is 45.1 Å². The van der Waals surface area contributed by atoms with Gasteiger partial charge in [0.05, 0.1) is 29.3 Å². The van der Waals surface area contributed by atoms with E-state index in [0.29, 0.717) is 6.54 Å². The molecule has 31 heavy (non-hydrogen) atoms. The molecule has 4 aliphatic rings. The Morgan fingerprint density at radius 3 is 2.55 bits per heavy atom. The second-order valence-corrected chi connectivity index (χ2v) is 10.8. The van der Waals surface area contributed by atoms with Crippen LogP contribution in [0.3, 0.4) is 0 Å². The van der Waals surface area contributed by atoms with Crippen molar-refractivity contribution in [1.82, 2.24) is 9.97 Å². The Morgan fingerprint density at radius 1 is 1.16 bits per heavy atom. The number of anilines is 1. The van der Waals surface area contributed by atoms with E-state index >= 15 is 0 Å². The lowest BCUT2D eigenvalue weighted by molar-refractivity contribution is -0.143. The number of pyridine rings is 1. The fourth-order valence-electron chi connectivity index (χ4n) is 6.69. The molecular weight excluding hydrogens is 406 g/mol. The van der Waals surface area contributed by atoms with E-state index in [4.69, 9.17) is 9.72 Å². The van der Waals surface area contributed by atoms with Crippen molar-refractivity contribution in [3.8, 4) is 5.75 Å². The molecule has 2 aromatic heterocycles. The summed E-state index contributed by atoms with van der Waals surface area (Å²) in [4.78, 5) is 25.4. The van der Waals surface area contributed by atoms with Crippen LogP contribution in [0.5, 0.6) is 5.75 Å². The maximum atomic E-state index is 14.2. The van der Waals surface area contributed by atoms with E-state index in [2.05, 4.69) is 4.98 Å². The topological polar surface area (TPSA) is 55.3 Å². The molecule has 0 N–H and O–H groups in total. The van der Waals surface area contributed by atoms with E-state index in [9.17, 15) is 4.79 Å². The van der Waals surface area contributed by atoms with Gasteiger partial charge in [0.2, 0.25) is 5.91 Å². The molecule has 4 saturated carbocycles. The lowest BCUT2D eigenvalue weighted by Gasteiger charge is -2.56. The molecule has 4 fully saturated rings. The predicted octanol–water partition coefficient (Wildman–Crippen LogP) is 5.45. The number of rotatable bonds is 5. The molecule has 5 nitrogen and oxygen atoms in total. The van der Waals surface area contributed by atoms with Crippen LogP contribution in [0.4, 0.5) is 5.13 Å². The standard InChI is InChI=1S/C25H27N3O2S/c1-30-20-4-5-21-22(10-20)31-24(27-21)28(15-16-3-2-6-26-14-16)23(29)25-11-17-7-18(12-25)9-19(8-17)13-25/h2-6,10,14,17-19H,7-9,11-13,15H2,1H3. The van der Waals surface area contributed by atoms with Gasteiger partial charge in [-0.2, -0.15) is 0 Å². The molecule has 0 aliphatic heterocycles. The van der Waals surface area contributed by atoms with Gasteiger partial charge in [0.1, 0.15) is 5.75 Å². The van der Waals surface area contributed by atoms with Gasteiger partial charge in [-0.3, -0.25) is 14.7 Å². The number of thiazole rings is 1. The normalized spacial score (nSPS) is 28.7. The van der Waals surface area contributed by atoms with E-state index in [1.807, 2.05) is 41.4 Å². The van der Waals surface area contributed by atoms with Gasteiger partial charge in [0.15, 0.2) is 5.13 Å². The summed E-state index contributed by atoms with van der Waals surface area (Å²) in [5.74, 6) is 3.29. The second kappa shape index (κ2) is 7.30. The number of carbonyl (C=O) groups excluding carboxylic acids is 1. The van der Waals surface area contributed by atoms with Gasteiger partial charge in [-0.15, -0.1) is 0 Å². The maximum absolute atomic E-state index is 14.2. The molecule has 4 aliphatic carbocycles. The smallest absolute Gasteiger partial charge is 0.235 e. The van der Waals surface area contributed by atoms with Crippen LogP contribution in [0.2, 0.25) is 0 Å². The first kappa shape index (κ1) is 19.2. The van der Waals surface area contributed by atoms with E-state index < -0.39 is 0 Å². The number of nitrogens with zero attached hydrogens (tertiary/aromatic N) is 3. The first-order valence-corrected chi connectivity index (χ1v) is 12.1. The zero-order chi connectivity index (χ0) is 21.0. The van der Waals surface area contributed by atoms with Gasteiger partial charge in [0, 0.05) is 12.4 Å². The minimum absolute atomic E-state index is 0.202. The lowest BCUT2D eigenvalue weighted by Crippen LogP contribution is -2.54. The average molecular weight is 434 g/mol. The van der Waals surface area contributed by atoms with Crippen molar-refractivity contribution in [3.63, 3.8) is 0 Å². The first-order valence-electron chi connectivity index (χ1n) is 11.3. The number of carbonyl (C=O) groups is 1. The Labute approximate surface area is 186 Å². The van der Waals surface area contributed by atoms with Crippen LogP contribution in [0, 0.1) is 23.2 Å². The van der Waals surface area contributed by atoms with E-state index in [1.165, 1.54) is 19.3 Å². The number of fused-ring (bicyclic) bond motifs is 1. The minimum Gasteiger partial charge on any atom is -0.497 e. The van der Waals surface area contributed by atoms with Crippen LogP contribution in [-0.4, -0.2) is 23.0 Å². The summed E-state index contributed by atoms with van der Waals surface area (Å²) in [5, 5.41) is 0.785. The summed E-state index contributed by atoms with van der Waals surface area (Å²) in [5.41, 5.74) is 1.75. The van der Waals surface area contributed by atoms with Crippen molar-refractivity contribution >= 4 is 32.6 Å². The average Bonchev–Trinajstić information content (AvgIpc) is 3.19. The molecule has 3 aromatic rings. The van der Waals surface area contributed by atoms with Crippen LogP contribution in [0.1, 0.15) is 44.1 Å². The molecule has 160 valence electrons. The lowest BCUT2D eigenvalue weighted by atomic mass is 9.49. The third-order valence-electron chi connectivity index (χ3n) is 7.62. The largest absolute Gasteiger partial charge is 0.497 e. The van der Waals surface area contributed by atoms with Crippen LogP contribution in [0.25, 0.3) is 10.2 Å². The predicted molar refractivity (Wildman–Crippen MR) is 122 cm³/mol. The van der Waals surface area contributed by atoms with Gasteiger partial charge in [0.25, 0.3) is 0 Å². The van der Waals surface area contributed by atoms with E-state index in [0.717, 1.165) is 63.7 Å². The Morgan fingerprint density at radius 2 is 1.90 bits per heavy atom. The number of aromatic nitrogens is 2. The molecule has 7 rings (SSSR count). The minimum atomic E-state index is -0.202. The maximum Gasteiger partial charge on any atom is 0.235 e.